The first-order valence-electron chi connectivity index (χ1n) is 9.39. The Morgan fingerprint density at radius 3 is 2.48 bits per heavy atom. The molecule has 138 valence electrons. The summed E-state index contributed by atoms with van der Waals surface area (Å²) in [5, 5.41) is 0.567. The minimum Gasteiger partial charge on any atom is -0.333 e. The van der Waals surface area contributed by atoms with E-state index in [4.69, 9.17) is 4.98 Å². The summed E-state index contributed by atoms with van der Waals surface area (Å²) in [5.74, 6) is 0.689. The smallest absolute Gasteiger partial charge is 0.262 e. The van der Waals surface area contributed by atoms with Crippen LogP contribution in [0.4, 0.5) is 0 Å². The summed E-state index contributed by atoms with van der Waals surface area (Å²) in [6.07, 6.45) is 0.787. The van der Waals surface area contributed by atoms with E-state index >= 15 is 0 Å². The molecule has 1 aromatic heterocycles. The van der Waals surface area contributed by atoms with Crippen molar-refractivity contribution in [1.82, 2.24) is 14.5 Å². The van der Waals surface area contributed by atoms with Crippen molar-refractivity contribution in [3.63, 3.8) is 0 Å². The molecule has 0 radical (unpaired) electrons. The van der Waals surface area contributed by atoms with Crippen LogP contribution in [0.5, 0.6) is 0 Å². The molecule has 27 heavy (non-hydrogen) atoms. The van der Waals surface area contributed by atoms with Crippen LogP contribution >= 0.6 is 0 Å². The number of benzene rings is 2. The fraction of sp³-hybridized carbons (Fsp3) is 0.318. The number of hydrogen-bond donors (Lipinski definition) is 0. The van der Waals surface area contributed by atoms with Crippen molar-refractivity contribution in [2.75, 3.05) is 6.54 Å². The van der Waals surface area contributed by atoms with Gasteiger partial charge in [0.2, 0.25) is 5.91 Å². The molecule has 0 bridgehead atoms. The zero-order chi connectivity index (χ0) is 19.0. The maximum atomic E-state index is 13.2. The molecule has 0 aliphatic carbocycles. The van der Waals surface area contributed by atoms with Crippen LogP contribution in [0.1, 0.15) is 31.3 Å². The number of nitrogens with zero attached hydrogens (tertiary/aromatic N) is 3. The van der Waals surface area contributed by atoms with Gasteiger partial charge in [0, 0.05) is 6.54 Å². The van der Waals surface area contributed by atoms with E-state index in [1.807, 2.05) is 55.1 Å². The maximum Gasteiger partial charge on any atom is 0.262 e. The average Bonchev–Trinajstić information content (AvgIpc) is 2.67. The molecule has 3 aromatic rings. The second kappa shape index (κ2) is 6.99. The highest BCUT2D eigenvalue weighted by molar-refractivity contribution is 5.83. The maximum absolute atomic E-state index is 13.2. The predicted molar refractivity (Wildman–Crippen MR) is 105 cm³/mol. The molecule has 2 heterocycles. The SMILES string of the molecule is CC(C)[C@H]1C(=O)N(CCc2ccccc2)Cc2nc3ccccc3c(=O)n21. The van der Waals surface area contributed by atoms with E-state index in [9.17, 15) is 9.59 Å². The molecule has 1 atom stereocenters. The summed E-state index contributed by atoms with van der Waals surface area (Å²) in [4.78, 5) is 32.8. The lowest BCUT2D eigenvalue weighted by Crippen LogP contribution is -2.49. The molecular formula is C22H23N3O2. The van der Waals surface area contributed by atoms with Crippen molar-refractivity contribution in [1.29, 1.82) is 0 Å². The number of hydrogen-bond acceptors (Lipinski definition) is 3. The molecule has 0 saturated carbocycles. The number of rotatable bonds is 4. The molecule has 1 amide bonds. The highest BCUT2D eigenvalue weighted by Crippen LogP contribution is 2.27. The zero-order valence-corrected chi connectivity index (χ0v) is 15.6. The van der Waals surface area contributed by atoms with Crippen LogP contribution in [-0.4, -0.2) is 26.9 Å². The highest BCUT2D eigenvalue weighted by Gasteiger charge is 2.36. The van der Waals surface area contributed by atoms with Gasteiger partial charge in [-0.15, -0.1) is 0 Å². The van der Waals surface area contributed by atoms with E-state index < -0.39 is 6.04 Å². The number of carbonyl (C=O) groups is 1. The minimum atomic E-state index is -0.505. The Morgan fingerprint density at radius 2 is 1.74 bits per heavy atom. The van der Waals surface area contributed by atoms with Gasteiger partial charge in [-0.3, -0.25) is 14.2 Å². The van der Waals surface area contributed by atoms with E-state index in [-0.39, 0.29) is 17.4 Å². The largest absolute Gasteiger partial charge is 0.333 e. The fourth-order valence-electron chi connectivity index (χ4n) is 3.82. The van der Waals surface area contributed by atoms with Crippen molar-refractivity contribution >= 4 is 16.8 Å². The molecule has 0 fully saturated rings. The molecule has 0 N–H and O–H groups in total. The Morgan fingerprint density at radius 1 is 1.04 bits per heavy atom. The van der Waals surface area contributed by atoms with Crippen LogP contribution in [0.2, 0.25) is 0 Å². The van der Waals surface area contributed by atoms with Crippen molar-refractivity contribution in [2.45, 2.75) is 32.9 Å². The first-order valence-corrected chi connectivity index (χ1v) is 9.39. The lowest BCUT2D eigenvalue weighted by atomic mass is 9.99. The van der Waals surface area contributed by atoms with Gasteiger partial charge in [0.1, 0.15) is 11.9 Å². The molecule has 1 aliphatic rings. The number of para-hydroxylation sites is 1. The van der Waals surface area contributed by atoms with Gasteiger partial charge in [-0.25, -0.2) is 4.98 Å². The van der Waals surface area contributed by atoms with E-state index in [1.54, 1.807) is 10.6 Å². The lowest BCUT2D eigenvalue weighted by Gasteiger charge is -2.36. The van der Waals surface area contributed by atoms with E-state index in [0.29, 0.717) is 29.8 Å². The van der Waals surface area contributed by atoms with Gasteiger partial charge in [-0.1, -0.05) is 56.3 Å². The van der Waals surface area contributed by atoms with Gasteiger partial charge in [0.05, 0.1) is 17.4 Å². The van der Waals surface area contributed by atoms with E-state index in [2.05, 4.69) is 12.1 Å². The monoisotopic (exact) mass is 361 g/mol. The third-order valence-electron chi connectivity index (χ3n) is 5.20. The van der Waals surface area contributed by atoms with Crippen molar-refractivity contribution in [2.24, 2.45) is 5.92 Å². The number of aromatic nitrogens is 2. The van der Waals surface area contributed by atoms with E-state index in [0.717, 1.165) is 6.42 Å². The average molecular weight is 361 g/mol. The first-order chi connectivity index (χ1) is 13.1. The third kappa shape index (κ3) is 3.14. The quantitative estimate of drug-likeness (QED) is 0.717. The van der Waals surface area contributed by atoms with Crippen molar-refractivity contribution in [3.8, 4) is 0 Å². The molecule has 0 spiro atoms. The Kier molecular flexibility index (Phi) is 4.52. The van der Waals surface area contributed by atoms with Gasteiger partial charge in [0.15, 0.2) is 0 Å². The van der Waals surface area contributed by atoms with Crippen LogP contribution in [0.25, 0.3) is 10.9 Å². The van der Waals surface area contributed by atoms with Gasteiger partial charge >= 0.3 is 0 Å². The summed E-state index contributed by atoms with van der Waals surface area (Å²) in [5.41, 5.74) is 1.76. The summed E-state index contributed by atoms with van der Waals surface area (Å²) in [6.45, 7) is 4.95. The number of fused-ring (bicyclic) bond motifs is 2. The van der Waals surface area contributed by atoms with Crippen LogP contribution in [0.15, 0.2) is 59.4 Å². The minimum absolute atomic E-state index is 0.00705. The normalized spacial score (nSPS) is 16.8. The van der Waals surface area contributed by atoms with Crippen LogP contribution in [0, 0.1) is 5.92 Å². The Hall–Kier alpha value is -2.95. The Bertz CT molecular complexity index is 1040. The van der Waals surface area contributed by atoms with Crippen molar-refractivity contribution in [3.05, 3.63) is 76.3 Å². The van der Waals surface area contributed by atoms with Crippen LogP contribution in [0.3, 0.4) is 0 Å². The van der Waals surface area contributed by atoms with Gasteiger partial charge in [-0.2, -0.15) is 0 Å². The van der Waals surface area contributed by atoms with Crippen molar-refractivity contribution < 1.29 is 4.79 Å². The Balaban J connectivity index is 1.73. The third-order valence-corrected chi connectivity index (χ3v) is 5.20. The van der Waals surface area contributed by atoms with Crippen LogP contribution in [-0.2, 0) is 17.8 Å². The fourth-order valence-corrected chi connectivity index (χ4v) is 3.82. The standard InChI is InChI=1S/C22H23N3O2/c1-15(2)20-22(27)24(13-12-16-8-4-3-5-9-16)14-19-23-18-11-7-6-10-17(18)21(26)25(19)20/h3-11,15,20H,12-14H2,1-2H3/t20-/m0/s1. The zero-order valence-electron chi connectivity index (χ0n) is 15.6. The Labute approximate surface area is 158 Å². The summed E-state index contributed by atoms with van der Waals surface area (Å²) in [6, 6.07) is 17.0. The highest BCUT2D eigenvalue weighted by atomic mass is 16.2. The predicted octanol–water partition coefficient (Wildman–Crippen LogP) is 3.18. The van der Waals surface area contributed by atoms with Gasteiger partial charge in [0.25, 0.3) is 5.56 Å². The topological polar surface area (TPSA) is 55.2 Å². The molecule has 4 rings (SSSR count). The van der Waals surface area contributed by atoms with Gasteiger partial charge < -0.3 is 4.90 Å². The summed E-state index contributed by atoms with van der Waals surface area (Å²) < 4.78 is 1.62. The summed E-state index contributed by atoms with van der Waals surface area (Å²) >= 11 is 0. The van der Waals surface area contributed by atoms with E-state index in [1.165, 1.54) is 5.56 Å². The molecule has 0 saturated heterocycles. The van der Waals surface area contributed by atoms with Gasteiger partial charge in [-0.05, 0) is 30.0 Å². The number of carbonyl (C=O) groups excluding carboxylic acids is 1. The van der Waals surface area contributed by atoms with Crippen LogP contribution < -0.4 is 5.56 Å². The second-order valence-corrected chi connectivity index (χ2v) is 7.40. The number of amides is 1. The lowest BCUT2D eigenvalue weighted by molar-refractivity contribution is -0.139. The first kappa shape index (κ1) is 17.5. The molecule has 5 heteroatoms. The molecule has 1 aliphatic heterocycles. The summed E-state index contributed by atoms with van der Waals surface area (Å²) in [7, 11) is 0. The molecular weight excluding hydrogens is 338 g/mol. The molecule has 5 nitrogen and oxygen atoms in total. The second-order valence-electron chi connectivity index (χ2n) is 7.40. The molecule has 2 aromatic carbocycles. The molecule has 0 unspecified atom stereocenters.